The van der Waals surface area contributed by atoms with Gasteiger partial charge in [-0.05, 0) is 17.7 Å². The summed E-state index contributed by atoms with van der Waals surface area (Å²) in [6, 6.07) is 5.92. The van der Waals surface area contributed by atoms with Crippen molar-refractivity contribution in [2.45, 2.75) is 0 Å². The van der Waals surface area contributed by atoms with Gasteiger partial charge in [0.1, 0.15) is 14.1 Å². The maximum absolute atomic E-state index is 5.34. The van der Waals surface area contributed by atoms with E-state index in [0.717, 1.165) is 22.6 Å². The van der Waals surface area contributed by atoms with Gasteiger partial charge >= 0.3 is 0 Å². The first-order chi connectivity index (χ1) is 8.97. The predicted octanol–water partition coefficient (Wildman–Crippen LogP) is 1.95. The first-order valence-corrected chi connectivity index (χ1v) is 6.10. The third-order valence-corrected chi connectivity index (χ3v) is 2.51. The Balaban J connectivity index is 3.28. The van der Waals surface area contributed by atoms with Gasteiger partial charge < -0.3 is 14.4 Å². The second-order valence-electron chi connectivity index (χ2n) is 4.71. The van der Waals surface area contributed by atoms with Crippen LogP contribution in [0, 0.1) is 0 Å². The van der Waals surface area contributed by atoms with Gasteiger partial charge in [-0.15, -0.1) is 0 Å². The molecule has 0 N–H and O–H groups in total. The van der Waals surface area contributed by atoms with E-state index in [9.17, 15) is 0 Å². The molecule has 0 aliphatic rings. The largest absolute Gasteiger partial charge is 0.493 e. The Morgan fingerprint density at radius 1 is 1.11 bits per heavy atom. The molecule has 1 rings (SSSR count). The van der Waals surface area contributed by atoms with Gasteiger partial charge in [0.2, 0.25) is 0 Å². The number of nitrogens with zero attached hydrogens (tertiary/aromatic N) is 2. The van der Waals surface area contributed by atoms with E-state index in [-0.39, 0.29) is 0 Å². The molecule has 0 saturated heterocycles. The summed E-state index contributed by atoms with van der Waals surface area (Å²) in [5, 5.41) is 0. The van der Waals surface area contributed by atoms with Crippen molar-refractivity contribution in [3.8, 4) is 11.5 Å². The highest BCUT2D eigenvalue weighted by Gasteiger charge is 2.09. The molecule has 0 heterocycles. The van der Waals surface area contributed by atoms with Crippen LogP contribution >= 0.6 is 0 Å². The summed E-state index contributed by atoms with van der Waals surface area (Å²) in [5.74, 6) is 1.47. The Hall–Kier alpha value is -1.97. The Morgan fingerprint density at radius 2 is 1.74 bits per heavy atom. The van der Waals surface area contributed by atoms with Crippen LogP contribution < -0.4 is 9.47 Å². The van der Waals surface area contributed by atoms with E-state index < -0.39 is 0 Å². The lowest BCUT2D eigenvalue weighted by molar-refractivity contribution is -0.458. The zero-order valence-corrected chi connectivity index (χ0v) is 12.6. The number of allylic oxidation sites excluding steroid dienone is 1. The molecular weight excluding hydrogens is 240 g/mol. The molecule has 0 radical (unpaired) electrons. The molecule has 0 spiro atoms. The quantitative estimate of drug-likeness (QED) is 0.599. The zero-order chi connectivity index (χ0) is 14.4. The van der Waals surface area contributed by atoms with Crippen molar-refractivity contribution in [1.82, 2.24) is 4.90 Å². The lowest BCUT2D eigenvalue weighted by Crippen LogP contribution is -2.07. The lowest BCUT2D eigenvalue weighted by atomic mass is 10.1. The maximum Gasteiger partial charge on any atom is 0.172 e. The van der Waals surface area contributed by atoms with E-state index in [1.54, 1.807) is 14.2 Å². The van der Waals surface area contributed by atoms with Gasteiger partial charge in [0, 0.05) is 20.3 Å². The number of hydrogen-bond donors (Lipinski definition) is 0. The Morgan fingerprint density at radius 3 is 2.21 bits per heavy atom. The highest BCUT2D eigenvalue weighted by atomic mass is 16.5. The van der Waals surface area contributed by atoms with Crippen LogP contribution in [0.4, 0.5) is 0 Å². The van der Waals surface area contributed by atoms with Crippen molar-refractivity contribution in [2.75, 3.05) is 42.4 Å². The van der Waals surface area contributed by atoms with Crippen LogP contribution in [-0.2, 0) is 0 Å². The molecule has 0 unspecified atom stereocenters. The summed E-state index contributed by atoms with van der Waals surface area (Å²) in [4.78, 5) is 2.02. The molecule has 0 aliphatic heterocycles. The smallest absolute Gasteiger partial charge is 0.172 e. The fourth-order valence-electron chi connectivity index (χ4n) is 1.75. The Kier molecular flexibility index (Phi) is 5.42. The van der Waals surface area contributed by atoms with Crippen molar-refractivity contribution >= 4 is 11.8 Å². The topological polar surface area (TPSA) is 24.7 Å². The van der Waals surface area contributed by atoms with Gasteiger partial charge in [-0.25, -0.2) is 4.58 Å². The van der Waals surface area contributed by atoms with E-state index >= 15 is 0 Å². The van der Waals surface area contributed by atoms with Crippen LogP contribution in [0.5, 0.6) is 11.5 Å². The molecular formula is C15H23N2O2+. The molecule has 0 saturated carbocycles. The third kappa shape index (κ3) is 4.32. The first-order valence-electron chi connectivity index (χ1n) is 6.10. The number of rotatable bonds is 5. The second-order valence-corrected chi connectivity index (χ2v) is 4.71. The second kappa shape index (κ2) is 6.83. The first kappa shape index (κ1) is 15.1. The molecule has 1 aromatic carbocycles. The lowest BCUT2D eigenvalue weighted by Gasteiger charge is -2.11. The van der Waals surface area contributed by atoms with E-state index in [0.29, 0.717) is 0 Å². The van der Waals surface area contributed by atoms with Crippen LogP contribution in [0.1, 0.15) is 5.56 Å². The number of ether oxygens (including phenoxy) is 2. The summed E-state index contributed by atoms with van der Waals surface area (Å²) in [6.45, 7) is 0. The van der Waals surface area contributed by atoms with Crippen molar-refractivity contribution in [2.24, 2.45) is 0 Å². The van der Waals surface area contributed by atoms with E-state index in [1.807, 2.05) is 55.9 Å². The van der Waals surface area contributed by atoms with Gasteiger partial charge in [-0.3, -0.25) is 0 Å². The molecule has 104 valence electrons. The standard InChI is InChI=1S/C15H23N2O2/c1-16(2)10-13(11-17(3)4)12-7-8-14(18-5)15(9-12)19-6/h7-11H,1-6H3/q+1. The molecule has 19 heavy (non-hydrogen) atoms. The molecule has 0 bridgehead atoms. The average Bonchev–Trinajstić information content (AvgIpc) is 2.36. The summed E-state index contributed by atoms with van der Waals surface area (Å²) in [7, 11) is 11.3. The van der Waals surface area contributed by atoms with Gasteiger partial charge in [0.15, 0.2) is 17.7 Å². The van der Waals surface area contributed by atoms with Crippen molar-refractivity contribution in [3.05, 3.63) is 30.0 Å². The summed E-state index contributed by atoms with van der Waals surface area (Å²) in [5.41, 5.74) is 2.19. The van der Waals surface area contributed by atoms with Crippen molar-refractivity contribution in [1.29, 1.82) is 0 Å². The molecule has 4 nitrogen and oxygen atoms in total. The van der Waals surface area contributed by atoms with Crippen LogP contribution in [0.15, 0.2) is 24.4 Å². The van der Waals surface area contributed by atoms with Gasteiger partial charge in [0.05, 0.1) is 19.8 Å². The fourth-order valence-corrected chi connectivity index (χ4v) is 1.75. The van der Waals surface area contributed by atoms with Crippen LogP contribution in [0.3, 0.4) is 0 Å². The van der Waals surface area contributed by atoms with Gasteiger partial charge in [-0.2, -0.15) is 0 Å². The highest BCUT2D eigenvalue weighted by Crippen LogP contribution is 2.29. The van der Waals surface area contributed by atoms with Crippen LogP contribution in [-0.4, -0.2) is 58.1 Å². The van der Waals surface area contributed by atoms with Crippen LogP contribution in [0.25, 0.3) is 5.57 Å². The third-order valence-electron chi connectivity index (χ3n) is 2.51. The molecule has 0 fully saturated rings. The molecule has 4 heteroatoms. The minimum absolute atomic E-state index is 0.733. The molecule has 0 aliphatic carbocycles. The highest BCUT2D eigenvalue weighted by molar-refractivity contribution is 6.07. The fraction of sp³-hybridized carbons (Fsp3) is 0.400. The molecule has 1 aromatic rings. The van der Waals surface area contributed by atoms with E-state index in [2.05, 4.69) is 12.4 Å². The maximum atomic E-state index is 5.34. The number of hydrogen-bond acceptors (Lipinski definition) is 3. The van der Waals surface area contributed by atoms with E-state index in [4.69, 9.17) is 9.47 Å². The van der Waals surface area contributed by atoms with Crippen molar-refractivity contribution in [3.63, 3.8) is 0 Å². The minimum Gasteiger partial charge on any atom is -0.493 e. The van der Waals surface area contributed by atoms with E-state index in [1.165, 1.54) is 0 Å². The number of benzene rings is 1. The summed E-state index contributed by atoms with van der Waals surface area (Å²) in [6.07, 6.45) is 4.14. The Bertz CT molecular complexity index is 487. The van der Waals surface area contributed by atoms with Gasteiger partial charge in [-0.1, -0.05) is 6.07 Å². The normalized spacial score (nSPS) is 10.9. The van der Waals surface area contributed by atoms with Gasteiger partial charge in [0.25, 0.3) is 0 Å². The van der Waals surface area contributed by atoms with Crippen LogP contribution in [0.2, 0.25) is 0 Å². The molecule has 0 aromatic heterocycles. The molecule has 0 amide bonds. The van der Waals surface area contributed by atoms with Crippen molar-refractivity contribution < 1.29 is 14.0 Å². The summed E-state index contributed by atoms with van der Waals surface area (Å²) >= 11 is 0. The average molecular weight is 263 g/mol. The Labute approximate surface area is 115 Å². The SMILES string of the molecule is COc1ccc(/C(C=[N+](C)C)=C\N(C)C)cc1OC. The number of methoxy groups -OCH3 is 2. The monoisotopic (exact) mass is 263 g/mol. The predicted molar refractivity (Wildman–Crippen MR) is 79.4 cm³/mol. The summed E-state index contributed by atoms with van der Waals surface area (Å²) < 4.78 is 12.6. The minimum atomic E-state index is 0.733. The molecule has 0 atom stereocenters. The zero-order valence-electron chi connectivity index (χ0n) is 12.6.